The molecule has 0 spiro atoms. The molecule has 1 heterocycles. The van der Waals surface area contributed by atoms with Gasteiger partial charge in [-0.3, -0.25) is 4.79 Å². The minimum absolute atomic E-state index is 0.0135. The first-order valence-corrected chi connectivity index (χ1v) is 8.59. The Morgan fingerprint density at radius 2 is 1.88 bits per heavy atom. The van der Waals surface area contributed by atoms with E-state index in [0.717, 1.165) is 24.7 Å². The molecule has 0 saturated heterocycles. The third-order valence-electron chi connectivity index (χ3n) is 4.68. The summed E-state index contributed by atoms with van der Waals surface area (Å²) >= 11 is 0. The number of rotatable bonds is 5. The summed E-state index contributed by atoms with van der Waals surface area (Å²) in [5.74, 6) is -0.773. The molecule has 0 aromatic heterocycles. The number of halogens is 3. The Hall–Kier alpha value is -2.34. The summed E-state index contributed by atoms with van der Waals surface area (Å²) in [6, 6.07) is 11.5. The van der Waals surface area contributed by atoms with Crippen molar-refractivity contribution >= 4 is 5.91 Å². The van der Waals surface area contributed by atoms with Gasteiger partial charge in [-0.25, -0.2) is 0 Å². The van der Waals surface area contributed by atoms with Crippen molar-refractivity contribution in [2.75, 3.05) is 0 Å². The molecule has 1 unspecified atom stereocenters. The molecule has 1 amide bonds. The summed E-state index contributed by atoms with van der Waals surface area (Å²) in [5, 5.41) is 6.07. The minimum Gasteiger partial charge on any atom is -0.352 e. The van der Waals surface area contributed by atoms with Gasteiger partial charge in [0.05, 0.1) is 5.56 Å². The van der Waals surface area contributed by atoms with Crippen LogP contribution in [0.5, 0.6) is 0 Å². The highest BCUT2D eigenvalue weighted by Gasteiger charge is 2.34. The lowest BCUT2D eigenvalue weighted by Crippen LogP contribution is -2.24. The van der Waals surface area contributed by atoms with Gasteiger partial charge in [-0.05, 0) is 34.2 Å². The molecular weight excluding hydrogens is 341 g/mol. The molecule has 3 rings (SSSR count). The molecule has 2 aromatic carbocycles. The monoisotopic (exact) mass is 362 g/mol. The Balaban J connectivity index is 1.60. The average molecular weight is 362 g/mol. The first-order valence-electron chi connectivity index (χ1n) is 8.59. The van der Waals surface area contributed by atoms with Crippen molar-refractivity contribution in [3.05, 3.63) is 70.3 Å². The quantitative estimate of drug-likeness (QED) is 0.840. The summed E-state index contributed by atoms with van der Waals surface area (Å²) in [7, 11) is 0. The molecule has 1 aliphatic heterocycles. The van der Waals surface area contributed by atoms with Crippen molar-refractivity contribution in [1.29, 1.82) is 0 Å². The number of amides is 1. The normalized spacial score (nSPS) is 14.8. The molecule has 2 N–H and O–H groups in total. The number of hydrogen-bond donors (Lipinski definition) is 2. The molecule has 1 aliphatic rings. The second-order valence-electron chi connectivity index (χ2n) is 6.67. The lowest BCUT2D eigenvalue weighted by molar-refractivity contribution is -0.138. The molecule has 0 aliphatic carbocycles. The lowest BCUT2D eigenvalue weighted by Gasteiger charge is -2.18. The summed E-state index contributed by atoms with van der Waals surface area (Å²) in [4.78, 5) is 12.2. The topological polar surface area (TPSA) is 41.1 Å². The molecule has 138 valence electrons. The maximum Gasteiger partial charge on any atom is 0.416 e. The van der Waals surface area contributed by atoms with E-state index < -0.39 is 17.7 Å². The highest BCUT2D eigenvalue weighted by molar-refractivity contribution is 5.77. The molecule has 0 bridgehead atoms. The number of hydrogen-bond acceptors (Lipinski definition) is 2. The van der Waals surface area contributed by atoms with Crippen molar-refractivity contribution < 1.29 is 18.0 Å². The number of benzene rings is 2. The van der Waals surface area contributed by atoms with E-state index in [4.69, 9.17) is 0 Å². The standard InChI is InChI=1S/C20H21F3N2O/c1-13(17-4-2-3-5-18(17)20(21,22)23)8-19(26)25-10-14-6-7-15-11-24-12-16(15)9-14/h2-7,9,13,24H,8,10-12H2,1H3,(H,25,26). The van der Waals surface area contributed by atoms with Crippen molar-refractivity contribution in [2.24, 2.45) is 0 Å². The van der Waals surface area contributed by atoms with Crippen LogP contribution in [0.3, 0.4) is 0 Å². The fourth-order valence-corrected chi connectivity index (χ4v) is 3.30. The molecule has 0 fully saturated rings. The fraction of sp³-hybridized carbons (Fsp3) is 0.350. The van der Waals surface area contributed by atoms with Crippen molar-refractivity contribution in [3.8, 4) is 0 Å². The van der Waals surface area contributed by atoms with Crippen LogP contribution in [-0.4, -0.2) is 5.91 Å². The maximum atomic E-state index is 13.1. The molecule has 2 aromatic rings. The van der Waals surface area contributed by atoms with Crippen LogP contribution in [0.2, 0.25) is 0 Å². The third-order valence-corrected chi connectivity index (χ3v) is 4.68. The molecular formula is C20H21F3N2O. The fourth-order valence-electron chi connectivity index (χ4n) is 3.30. The van der Waals surface area contributed by atoms with E-state index in [0.29, 0.717) is 6.54 Å². The van der Waals surface area contributed by atoms with Crippen molar-refractivity contribution in [2.45, 2.75) is 45.1 Å². The third kappa shape index (κ3) is 4.25. The van der Waals surface area contributed by atoms with E-state index >= 15 is 0 Å². The number of carbonyl (C=O) groups is 1. The van der Waals surface area contributed by atoms with E-state index in [9.17, 15) is 18.0 Å². The number of alkyl halides is 3. The smallest absolute Gasteiger partial charge is 0.352 e. The van der Waals surface area contributed by atoms with Crippen LogP contribution in [0.1, 0.15) is 47.1 Å². The van der Waals surface area contributed by atoms with E-state index in [1.54, 1.807) is 13.0 Å². The van der Waals surface area contributed by atoms with E-state index in [1.165, 1.54) is 23.3 Å². The molecule has 0 radical (unpaired) electrons. The molecule has 6 heteroatoms. The van der Waals surface area contributed by atoms with Crippen molar-refractivity contribution in [1.82, 2.24) is 10.6 Å². The first-order chi connectivity index (χ1) is 12.3. The predicted octanol–water partition coefficient (Wildman–Crippen LogP) is 4.12. The van der Waals surface area contributed by atoms with Gasteiger partial charge in [0.15, 0.2) is 0 Å². The zero-order valence-electron chi connectivity index (χ0n) is 14.5. The second-order valence-corrected chi connectivity index (χ2v) is 6.67. The highest BCUT2D eigenvalue weighted by atomic mass is 19.4. The number of fused-ring (bicyclic) bond motifs is 1. The highest BCUT2D eigenvalue weighted by Crippen LogP contribution is 2.35. The maximum absolute atomic E-state index is 13.1. The van der Waals surface area contributed by atoms with Crippen LogP contribution < -0.4 is 10.6 Å². The van der Waals surface area contributed by atoms with Crippen LogP contribution in [0.15, 0.2) is 42.5 Å². The Kier molecular flexibility index (Phi) is 5.32. The van der Waals surface area contributed by atoms with Gasteiger partial charge in [0.25, 0.3) is 0 Å². The molecule has 3 nitrogen and oxygen atoms in total. The summed E-state index contributed by atoms with van der Waals surface area (Å²) in [6.07, 6.45) is -4.40. The Morgan fingerprint density at radius 1 is 1.15 bits per heavy atom. The zero-order chi connectivity index (χ0) is 18.7. The molecule has 0 saturated carbocycles. The molecule has 26 heavy (non-hydrogen) atoms. The lowest BCUT2D eigenvalue weighted by atomic mass is 9.92. The van der Waals surface area contributed by atoms with Crippen LogP contribution in [0.25, 0.3) is 0 Å². The van der Waals surface area contributed by atoms with Crippen LogP contribution in [0.4, 0.5) is 13.2 Å². The van der Waals surface area contributed by atoms with Gasteiger partial charge in [0.2, 0.25) is 5.91 Å². The van der Waals surface area contributed by atoms with E-state index in [1.807, 2.05) is 12.1 Å². The second kappa shape index (κ2) is 7.50. The van der Waals surface area contributed by atoms with E-state index in [-0.39, 0.29) is 17.9 Å². The van der Waals surface area contributed by atoms with Gasteiger partial charge in [-0.1, -0.05) is 43.3 Å². The van der Waals surface area contributed by atoms with E-state index in [2.05, 4.69) is 16.7 Å². The Morgan fingerprint density at radius 3 is 2.65 bits per heavy atom. The Labute approximate surface area is 150 Å². The summed E-state index contributed by atoms with van der Waals surface area (Å²) in [6.45, 7) is 3.70. The van der Waals surface area contributed by atoms with Crippen LogP contribution in [-0.2, 0) is 30.6 Å². The summed E-state index contributed by atoms with van der Waals surface area (Å²) < 4.78 is 39.4. The van der Waals surface area contributed by atoms with Gasteiger partial charge in [-0.15, -0.1) is 0 Å². The number of nitrogens with one attached hydrogen (secondary N) is 2. The summed E-state index contributed by atoms with van der Waals surface area (Å²) in [5.41, 5.74) is 2.95. The number of carbonyl (C=O) groups excluding carboxylic acids is 1. The van der Waals surface area contributed by atoms with Crippen molar-refractivity contribution in [3.63, 3.8) is 0 Å². The minimum atomic E-state index is -4.42. The largest absolute Gasteiger partial charge is 0.416 e. The van der Waals surface area contributed by atoms with Crippen LogP contribution in [0, 0.1) is 0 Å². The van der Waals surface area contributed by atoms with Gasteiger partial charge < -0.3 is 10.6 Å². The first kappa shape index (κ1) is 18.5. The van der Waals surface area contributed by atoms with Crippen LogP contribution >= 0.6 is 0 Å². The Bertz CT molecular complexity index is 802. The SMILES string of the molecule is CC(CC(=O)NCc1ccc2c(c1)CNC2)c1ccccc1C(F)(F)F. The zero-order valence-corrected chi connectivity index (χ0v) is 14.5. The van der Waals surface area contributed by atoms with Gasteiger partial charge in [0.1, 0.15) is 0 Å². The predicted molar refractivity (Wildman–Crippen MR) is 93.3 cm³/mol. The average Bonchev–Trinajstić information content (AvgIpc) is 3.07. The van der Waals surface area contributed by atoms with Gasteiger partial charge >= 0.3 is 6.18 Å². The van der Waals surface area contributed by atoms with Gasteiger partial charge in [-0.2, -0.15) is 13.2 Å². The molecule has 1 atom stereocenters. The van der Waals surface area contributed by atoms with Gasteiger partial charge in [0, 0.05) is 26.1 Å².